The normalized spacial score (nSPS) is 17.9. The second kappa shape index (κ2) is 4.03. The summed E-state index contributed by atoms with van der Waals surface area (Å²) >= 11 is 3.35. The topological polar surface area (TPSA) is 26.3 Å². The third-order valence-corrected chi connectivity index (χ3v) is 2.69. The Kier molecular flexibility index (Phi) is 2.73. The summed E-state index contributed by atoms with van der Waals surface area (Å²) < 4.78 is 6.02. The molecule has 1 aromatic carbocycles. The maximum atomic E-state index is 11.5. The van der Waals surface area contributed by atoms with Crippen molar-refractivity contribution >= 4 is 27.5 Å². The van der Waals surface area contributed by atoms with Gasteiger partial charge in [0.2, 0.25) is 0 Å². The van der Waals surface area contributed by atoms with Crippen molar-refractivity contribution in [3.8, 4) is 0 Å². The highest BCUT2D eigenvalue weighted by atomic mass is 79.9. The fourth-order valence-electron chi connectivity index (χ4n) is 1.37. The number of cyclic esters (lactones) is 1. The highest BCUT2D eigenvalue weighted by molar-refractivity contribution is 9.10. The van der Waals surface area contributed by atoms with Gasteiger partial charge in [-0.25, -0.2) is 4.79 Å². The molecule has 1 aliphatic rings. The van der Waals surface area contributed by atoms with Gasteiger partial charge in [-0.3, -0.25) is 0 Å². The lowest BCUT2D eigenvalue weighted by molar-refractivity contribution is -0.131. The first kappa shape index (κ1) is 10.2. The van der Waals surface area contributed by atoms with Crippen LogP contribution in [0.25, 0.3) is 5.57 Å². The highest BCUT2D eigenvalue weighted by Crippen LogP contribution is 2.26. The van der Waals surface area contributed by atoms with Crippen molar-refractivity contribution in [1.29, 1.82) is 0 Å². The van der Waals surface area contributed by atoms with Crippen LogP contribution < -0.4 is 0 Å². The summed E-state index contributed by atoms with van der Waals surface area (Å²) in [7, 11) is 0. The molecule has 1 aromatic rings. The van der Waals surface area contributed by atoms with Crippen molar-refractivity contribution in [3.05, 3.63) is 52.2 Å². The maximum absolute atomic E-state index is 11.5. The molecule has 2 nitrogen and oxygen atoms in total. The monoisotopic (exact) mass is 264 g/mol. The molecule has 0 unspecified atom stereocenters. The molecule has 0 aliphatic carbocycles. The van der Waals surface area contributed by atoms with Crippen LogP contribution >= 0.6 is 15.9 Å². The Bertz CT molecular complexity index is 455. The first-order valence-corrected chi connectivity index (χ1v) is 5.36. The van der Waals surface area contributed by atoms with Gasteiger partial charge in [0, 0.05) is 4.47 Å². The lowest BCUT2D eigenvalue weighted by atomic mass is 10.1. The average molecular weight is 265 g/mol. The van der Waals surface area contributed by atoms with Crippen LogP contribution in [-0.4, -0.2) is 5.97 Å². The highest BCUT2D eigenvalue weighted by Gasteiger charge is 2.21. The van der Waals surface area contributed by atoms with E-state index < -0.39 is 0 Å². The second-order valence-electron chi connectivity index (χ2n) is 3.15. The van der Waals surface area contributed by atoms with Crippen LogP contribution in [0.1, 0.15) is 12.5 Å². The van der Waals surface area contributed by atoms with E-state index in [4.69, 9.17) is 4.74 Å². The lowest BCUT2D eigenvalue weighted by Gasteiger charge is -1.98. The van der Waals surface area contributed by atoms with Gasteiger partial charge in [0.25, 0.3) is 0 Å². The van der Waals surface area contributed by atoms with Crippen molar-refractivity contribution in [2.45, 2.75) is 6.92 Å². The van der Waals surface area contributed by atoms with Crippen LogP contribution in [0.3, 0.4) is 0 Å². The molecule has 0 aromatic heterocycles. The Labute approximate surface area is 96.4 Å². The zero-order valence-electron chi connectivity index (χ0n) is 8.16. The lowest BCUT2D eigenvalue weighted by Crippen LogP contribution is -1.97. The molecule has 2 rings (SSSR count). The molecule has 0 saturated heterocycles. The minimum Gasteiger partial charge on any atom is -0.423 e. The van der Waals surface area contributed by atoms with Crippen molar-refractivity contribution in [3.63, 3.8) is 0 Å². The van der Waals surface area contributed by atoms with Gasteiger partial charge in [0.15, 0.2) is 0 Å². The number of rotatable bonds is 1. The molecule has 0 saturated carbocycles. The zero-order chi connectivity index (χ0) is 10.8. The number of allylic oxidation sites excluding steroid dienone is 2. The summed E-state index contributed by atoms with van der Waals surface area (Å²) in [4.78, 5) is 11.5. The van der Waals surface area contributed by atoms with Gasteiger partial charge in [-0.2, -0.15) is 0 Å². The van der Waals surface area contributed by atoms with E-state index in [1.165, 1.54) is 0 Å². The van der Waals surface area contributed by atoms with E-state index in [1.54, 1.807) is 12.2 Å². The molecule has 0 spiro atoms. The molecular formula is C12H9BrO2. The Morgan fingerprint density at radius 3 is 2.47 bits per heavy atom. The molecule has 1 heterocycles. The summed E-state index contributed by atoms with van der Waals surface area (Å²) in [6.07, 6.45) is 3.52. The third kappa shape index (κ3) is 2.02. The molecule has 0 amide bonds. The standard InChI is InChI=1S/C12H9BrO2/c1-2-10-7-11(12(14)15-10)8-3-5-9(13)6-4-8/h2-7H,1H3/b10-2-. The number of hydrogen-bond acceptors (Lipinski definition) is 2. The van der Waals surface area contributed by atoms with Gasteiger partial charge in [-0.15, -0.1) is 0 Å². The molecule has 3 heteroatoms. The summed E-state index contributed by atoms with van der Waals surface area (Å²) in [5.41, 5.74) is 1.48. The van der Waals surface area contributed by atoms with Crippen molar-refractivity contribution in [2.24, 2.45) is 0 Å². The van der Waals surface area contributed by atoms with E-state index in [-0.39, 0.29) is 5.97 Å². The molecule has 0 fully saturated rings. The van der Waals surface area contributed by atoms with Crippen LogP contribution in [0, 0.1) is 0 Å². The number of hydrogen-bond donors (Lipinski definition) is 0. The number of benzene rings is 1. The molecule has 0 atom stereocenters. The molecule has 15 heavy (non-hydrogen) atoms. The summed E-state index contributed by atoms with van der Waals surface area (Å²) in [5.74, 6) is 0.323. The summed E-state index contributed by atoms with van der Waals surface area (Å²) in [5, 5.41) is 0. The van der Waals surface area contributed by atoms with E-state index in [2.05, 4.69) is 15.9 Å². The molecular weight excluding hydrogens is 256 g/mol. The zero-order valence-corrected chi connectivity index (χ0v) is 9.74. The largest absolute Gasteiger partial charge is 0.423 e. The number of carbonyl (C=O) groups is 1. The quantitative estimate of drug-likeness (QED) is 0.728. The smallest absolute Gasteiger partial charge is 0.344 e. The van der Waals surface area contributed by atoms with Gasteiger partial charge in [0.1, 0.15) is 5.76 Å². The predicted octanol–water partition coefficient (Wildman–Crippen LogP) is 3.29. The number of esters is 1. The van der Waals surface area contributed by atoms with Gasteiger partial charge in [0.05, 0.1) is 5.57 Å². The molecule has 76 valence electrons. The fourth-order valence-corrected chi connectivity index (χ4v) is 1.63. The number of halogens is 1. The first-order valence-electron chi connectivity index (χ1n) is 4.57. The number of carbonyl (C=O) groups excluding carboxylic acids is 1. The van der Waals surface area contributed by atoms with Crippen LogP contribution in [0.15, 0.2) is 46.6 Å². The van der Waals surface area contributed by atoms with Crippen LogP contribution in [0.2, 0.25) is 0 Å². The molecule has 0 bridgehead atoms. The van der Waals surface area contributed by atoms with Crippen LogP contribution in [0.5, 0.6) is 0 Å². The molecule has 0 N–H and O–H groups in total. The molecule has 1 aliphatic heterocycles. The summed E-state index contributed by atoms with van der Waals surface area (Å²) in [6.45, 7) is 1.84. The fraction of sp³-hybridized carbons (Fsp3) is 0.0833. The van der Waals surface area contributed by atoms with Crippen molar-refractivity contribution < 1.29 is 9.53 Å². The van der Waals surface area contributed by atoms with Crippen molar-refractivity contribution in [1.82, 2.24) is 0 Å². The Morgan fingerprint density at radius 2 is 1.93 bits per heavy atom. The van der Waals surface area contributed by atoms with E-state index in [9.17, 15) is 4.79 Å². The van der Waals surface area contributed by atoms with E-state index in [0.29, 0.717) is 11.3 Å². The minimum absolute atomic E-state index is 0.287. The van der Waals surface area contributed by atoms with E-state index in [1.807, 2.05) is 31.2 Å². The van der Waals surface area contributed by atoms with Crippen LogP contribution in [-0.2, 0) is 9.53 Å². The van der Waals surface area contributed by atoms with Gasteiger partial charge in [-0.1, -0.05) is 28.1 Å². The number of ether oxygens (including phenoxy) is 1. The van der Waals surface area contributed by atoms with Crippen LogP contribution in [0.4, 0.5) is 0 Å². The third-order valence-electron chi connectivity index (χ3n) is 2.16. The van der Waals surface area contributed by atoms with E-state index in [0.717, 1.165) is 10.0 Å². The van der Waals surface area contributed by atoms with Gasteiger partial charge >= 0.3 is 5.97 Å². The maximum Gasteiger partial charge on any atom is 0.344 e. The minimum atomic E-state index is -0.287. The van der Waals surface area contributed by atoms with Gasteiger partial charge in [-0.05, 0) is 36.8 Å². The Morgan fingerprint density at radius 1 is 1.27 bits per heavy atom. The molecule has 0 radical (unpaired) electrons. The Hall–Kier alpha value is -1.35. The Balaban J connectivity index is 2.39. The van der Waals surface area contributed by atoms with E-state index >= 15 is 0 Å². The first-order chi connectivity index (χ1) is 7.20. The second-order valence-corrected chi connectivity index (χ2v) is 4.06. The SMILES string of the molecule is C/C=C1/C=C(c2ccc(Br)cc2)C(=O)O1. The average Bonchev–Trinajstić information content (AvgIpc) is 2.61. The predicted molar refractivity (Wildman–Crippen MR) is 62.0 cm³/mol. The summed E-state index contributed by atoms with van der Waals surface area (Å²) in [6, 6.07) is 7.57. The van der Waals surface area contributed by atoms with Crippen molar-refractivity contribution in [2.75, 3.05) is 0 Å². The van der Waals surface area contributed by atoms with Gasteiger partial charge < -0.3 is 4.74 Å².